The van der Waals surface area contributed by atoms with Gasteiger partial charge in [-0.25, -0.2) is 19.9 Å². The van der Waals surface area contributed by atoms with E-state index in [1.165, 1.54) is 0 Å². The highest BCUT2D eigenvalue weighted by atomic mass is 35.5. The van der Waals surface area contributed by atoms with Gasteiger partial charge in [0.15, 0.2) is 5.15 Å². The Morgan fingerprint density at radius 1 is 1.11 bits per heavy atom. The summed E-state index contributed by atoms with van der Waals surface area (Å²) < 4.78 is 5.18. The summed E-state index contributed by atoms with van der Waals surface area (Å²) in [5.74, 6) is 1.90. The molecule has 2 fully saturated rings. The number of aliphatic hydroxyl groups is 1. The molecule has 3 aromatic heterocycles. The molecule has 11 heteroatoms. The van der Waals surface area contributed by atoms with E-state index in [4.69, 9.17) is 16.3 Å². The van der Waals surface area contributed by atoms with Crippen LogP contribution < -0.4 is 10.6 Å². The van der Waals surface area contributed by atoms with Crippen LogP contribution in [0.15, 0.2) is 36.8 Å². The van der Waals surface area contributed by atoms with Gasteiger partial charge in [0.2, 0.25) is 11.9 Å². The third kappa shape index (κ3) is 6.44. The Kier molecular flexibility index (Phi) is 8.28. The molecule has 4 heterocycles. The number of nitrogens with zero attached hydrogens (tertiary/aromatic N) is 5. The number of aromatic nitrogens is 4. The van der Waals surface area contributed by atoms with Crippen LogP contribution in [0.25, 0.3) is 10.9 Å². The molecule has 10 nitrogen and oxygen atoms in total. The Morgan fingerprint density at radius 2 is 1.89 bits per heavy atom. The summed E-state index contributed by atoms with van der Waals surface area (Å²) in [4.78, 5) is 31.9. The molecule has 0 bridgehead atoms. The number of ether oxygens (including phenoxy) is 1. The van der Waals surface area contributed by atoms with Gasteiger partial charge in [0.25, 0.3) is 0 Å². The van der Waals surface area contributed by atoms with Crippen molar-refractivity contribution in [2.24, 2.45) is 5.92 Å². The lowest BCUT2D eigenvalue weighted by molar-refractivity contribution is -0.144. The minimum atomic E-state index is -0.0630. The van der Waals surface area contributed by atoms with Crippen LogP contribution in [-0.4, -0.2) is 80.8 Å². The summed E-state index contributed by atoms with van der Waals surface area (Å²) in [6.07, 6.45) is 9.60. The summed E-state index contributed by atoms with van der Waals surface area (Å²) in [5.41, 5.74) is 1.47. The minimum absolute atomic E-state index is 0.0457. The Morgan fingerprint density at radius 3 is 2.59 bits per heavy atom. The third-order valence-corrected chi connectivity index (χ3v) is 7.37. The predicted octanol–water partition coefficient (Wildman–Crippen LogP) is 2.92. The fraction of sp³-hybridized carbons (Fsp3) is 0.500. The predicted molar refractivity (Wildman–Crippen MR) is 142 cm³/mol. The molecule has 1 aliphatic carbocycles. The topological polar surface area (TPSA) is 125 Å². The summed E-state index contributed by atoms with van der Waals surface area (Å²) in [7, 11) is 0. The molecular formula is C26H32ClN7O3. The molecular weight excluding hydrogens is 494 g/mol. The van der Waals surface area contributed by atoms with Crippen molar-refractivity contribution in [2.75, 3.05) is 43.5 Å². The van der Waals surface area contributed by atoms with Crippen molar-refractivity contribution in [1.29, 1.82) is 0 Å². The van der Waals surface area contributed by atoms with Gasteiger partial charge in [-0.15, -0.1) is 0 Å². The van der Waals surface area contributed by atoms with Crippen LogP contribution in [0, 0.1) is 5.92 Å². The highest BCUT2D eigenvalue weighted by Gasteiger charge is 2.29. The Hall–Kier alpha value is -3.08. The average molecular weight is 526 g/mol. The van der Waals surface area contributed by atoms with Gasteiger partial charge >= 0.3 is 0 Å². The second kappa shape index (κ2) is 12.0. The van der Waals surface area contributed by atoms with Crippen LogP contribution >= 0.6 is 11.6 Å². The van der Waals surface area contributed by atoms with E-state index in [1.54, 1.807) is 23.5 Å². The second-order valence-corrected chi connectivity index (χ2v) is 10.1. The molecule has 0 spiro atoms. The van der Waals surface area contributed by atoms with Crippen LogP contribution in [0.1, 0.15) is 31.2 Å². The summed E-state index contributed by atoms with van der Waals surface area (Å²) in [6.45, 7) is 2.11. The molecule has 1 saturated heterocycles. The lowest BCUT2D eigenvalue weighted by atomic mass is 9.86. The highest BCUT2D eigenvalue weighted by molar-refractivity contribution is 6.33. The zero-order chi connectivity index (χ0) is 25.6. The van der Waals surface area contributed by atoms with Gasteiger partial charge in [-0.3, -0.25) is 4.79 Å². The van der Waals surface area contributed by atoms with Gasteiger partial charge in [0.05, 0.1) is 32.3 Å². The molecule has 2 aliphatic rings. The van der Waals surface area contributed by atoms with E-state index in [1.807, 2.05) is 18.2 Å². The van der Waals surface area contributed by atoms with Gasteiger partial charge in [0, 0.05) is 43.1 Å². The smallest absolute Gasteiger partial charge is 0.227 e. The van der Waals surface area contributed by atoms with Gasteiger partial charge in [0.1, 0.15) is 11.3 Å². The largest absolute Gasteiger partial charge is 0.395 e. The summed E-state index contributed by atoms with van der Waals surface area (Å²) >= 11 is 6.20. The second-order valence-electron chi connectivity index (χ2n) is 9.71. The monoisotopic (exact) mass is 525 g/mol. The molecule has 5 rings (SSSR count). The van der Waals surface area contributed by atoms with Crippen molar-refractivity contribution >= 4 is 40.2 Å². The van der Waals surface area contributed by atoms with E-state index in [9.17, 15) is 9.90 Å². The molecule has 3 N–H and O–H groups in total. The first-order chi connectivity index (χ1) is 18.1. The van der Waals surface area contributed by atoms with Crippen LogP contribution in [0.4, 0.5) is 11.8 Å². The quantitative estimate of drug-likeness (QED) is 0.342. The van der Waals surface area contributed by atoms with Gasteiger partial charge in [-0.1, -0.05) is 11.6 Å². The number of hydrogen-bond acceptors (Lipinski definition) is 9. The standard InChI is InChI=1S/C26H32ClN7O3/c27-25-24-19(7-8-28-25)3-6-22(33-24)32-20-4-1-17(2-5-20)12-29-26-30-13-18(14-31-26)11-23(36)34(9-10-35)21-15-37-16-21/h3,6-8,13-14,17,20-21,35H,1-2,4-5,9-12,15-16H2,(H,32,33)(H,29,30,31). The maximum Gasteiger partial charge on any atom is 0.227 e. The molecule has 0 atom stereocenters. The molecule has 0 aromatic carbocycles. The van der Waals surface area contributed by atoms with E-state index in [-0.39, 0.29) is 25.0 Å². The molecule has 196 valence electrons. The van der Waals surface area contributed by atoms with Crippen LogP contribution in [0.2, 0.25) is 5.15 Å². The fourth-order valence-corrected chi connectivity index (χ4v) is 5.09. The summed E-state index contributed by atoms with van der Waals surface area (Å²) in [5, 5.41) is 17.6. The molecule has 0 radical (unpaired) electrons. The maximum absolute atomic E-state index is 12.6. The van der Waals surface area contributed by atoms with Crippen LogP contribution in [-0.2, 0) is 16.0 Å². The number of rotatable bonds is 10. The normalized spacial score (nSPS) is 19.8. The lowest BCUT2D eigenvalue weighted by Crippen LogP contribution is -2.53. The number of nitrogens with one attached hydrogen (secondary N) is 2. The molecule has 1 aliphatic heterocycles. The third-order valence-electron chi connectivity index (χ3n) is 7.09. The Bertz CT molecular complexity index is 1200. The number of hydrogen-bond donors (Lipinski definition) is 3. The number of fused-ring (bicyclic) bond motifs is 1. The number of halogens is 1. The summed E-state index contributed by atoms with van der Waals surface area (Å²) in [6, 6.07) is 6.34. The average Bonchev–Trinajstić information content (AvgIpc) is 2.88. The SMILES string of the molecule is O=C(Cc1cnc(NCC2CCC(Nc3ccc4ccnc(Cl)c4n3)CC2)nc1)N(CCO)C1COC1. The van der Waals surface area contributed by atoms with Gasteiger partial charge in [-0.05, 0) is 55.4 Å². The van der Waals surface area contributed by atoms with Crippen LogP contribution in [0.5, 0.6) is 0 Å². The van der Waals surface area contributed by atoms with E-state index in [0.717, 1.165) is 54.5 Å². The number of aliphatic hydroxyl groups excluding tert-OH is 1. The first-order valence-electron chi connectivity index (χ1n) is 12.8. The van der Waals surface area contributed by atoms with E-state index < -0.39 is 0 Å². The van der Waals surface area contributed by atoms with Crippen molar-refractivity contribution in [3.63, 3.8) is 0 Å². The number of carbonyl (C=O) groups is 1. The molecule has 37 heavy (non-hydrogen) atoms. The zero-order valence-corrected chi connectivity index (χ0v) is 21.4. The first kappa shape index (κ1) is 25.6. The van der Waals surface area contributed by atoms with Gasteiger partial charge < -0.3 is 25.4 Å². The maximum atomic E-state index is 12.6. The van der Waals surface area contributed by atoms with E-state index in [0.29, 0.717) is 42.8 Å². The van der Waals surface area contributed by atoms with Crippen LogP contribution in [0.3, 0.4) is 0 Å². The number of amides is 1. The Balaban J connectivity index is 1.06. The fourth-order valence-electron chi connectivity index (χ4n) is 4.89. The minimum Gasteiger partial charge on any atom is -0.395 e. The van der Waals surface area contributed by atoms with E-state index in [2.05, 4.69) is 30.6 Å². The van der Waals surface area contributed by atoms with Crippen molar-refractivity contribution in [2.45, 2.75) is 44.2 Å². The Labute approximate surface area is 220 Å². The van der Waals surface area contributed by atoms with Crippen molar-refractivity contribution < 1.29 is 14.6 Å². The van der Waals surface area contributed by atoms with E-state index >= 15 is 0 Å². The number of anilines is 2. The molecule has 1 amide bonds. The first-order valence-corrected chi connectivity index (χ1v) is 13.2. The van der Waals surface area contributed by atoms with Crippen molar-refractivity contribution in [3.05, 3.63) is 47.5 Å². The van der Waals surface area contributed by atoms with Gasteiger partial charge in [-0.2, -0.15) is 0 Å². The van der Waals surface area contributed by atoms with Crippen molar-refractivity contribution in [3.8, 4) is 0 Å². The number of pyridine rings is 2. The number of carbonyl (C=O) groups excluding carboxylic acids is 1. The molecule has 0 unspecified atom stereocenters. The molecule has 3 aromatic rings. The zero-order valence-electron chi connectivity index (χ0n) is 20.6. The highest BCUT2D eigenvalue weighted by Crippen LogP contribution is 2.28. The van der Waals surface area contributed by atoms with Crippen molar-refractivity contribution in [1.82, 2.24) is 24.8 Å². The lowest BCUT2D eigenvalue weighted by Gasteiger charge is -2.37. The molecule has 1 saturated carbocycles.